The Morgan fingerprint density at radius 2 is 1.41 bits per heavy atom. The quantitative estimate of drug-likeness (QED) is 0.571. The maximum Gasteiger partial charge on any atom is 0.320 e. The summed E-state index contributed by atoms with van der Waals surface area (Å²) in [5.41, 5.74) is 2.27. The van der Waals surface area contributed by atoms with Crippen molar-refractivity contribution < 1.29 is 19.1 Å². The molecule has 2 atom stereocenters. The third kappa shape index (κ3) is 4.58. The van der Waals surface area contributed by atoms with Crippen molar-refractivity contribution >= 4 is 11.9 Å². The Morgan fingerprint density at radius 3 is 1.82 bits per heavy atom. The van der Waals surface area contributed by atoms with E-state index in [2.05, 4.69) is 0 Å². The predicted octanol–water partition coefficient (Wildman–Crippen LogP) is 3.48. The average Bonchev–Trinajstić information content (AvgIpc) is 2.48. The number of hydrogen-bond acceptors (Lipinski definition) is 4. The van der Waals surface area contributed by atoms with E-state index >= 15 is 0 Å². The van der Waals surface area contributed by atoms with Gasteiger partial charge < -0.3 is 9.47 Å². The number of benzene rings is 1. The molecule has 122 valence electrons. The standard InChI is InChI=1S/C18H26O4/c1-6-21-17(19)16(18(20)22-7-2)14(5)13(4)15-10-8-12(3)9-11-15/h8-11,13-14,16H,6-7H2,1-5H3/t13-,14-/m0/s1. The molecule has 0 saturated heterocycles. The third-order valence-corrected chi connectivity index (χ3v) is 4.00. The van der Waals surface area contributed by atoms with Gasteiger partial charge >= 0.3 is 11.9 Å². The van der Waals surface area contributed by atoms with Gasteiger partial charge in [-0.1, -0.05) is 43.7 Å². The minimum absolute atomic E-state index is 0.0411. The number of carbonyl (C=O) groups is 2. The minimum atomic E-state index is -0.892. The fraction of sp³-hybridized carbons (Fsp3) is 0.556. The van der Waals surface area contributed by atoms with Crippen molar-refractivity contribution in [3.8, 4) is 0 Å². The topological polar surface area (TPSA) is 52.6 Å². The van der Waals surface area contributed by atoms with Gasteiger partial charge in [0, 0.05) is 0 Å². The summed E-state index contributed by atoms with van der Waals surface area (Å²) in [6.07, 6.45) is 0. The van der Waals surface area contributed by atoms with Gasteiger partial charge in [0.15, 0.2) is 5.92 Å². The molecule has 4 nitrogen and oxygen atoms in total. The monoisotopic (exact) mass is 306 g/mol. The second-order valence-corrected chi connectivity index (χ2v) is 5.54. The van der Waals surface area contributed by atoms with Crippen molar-refractivity contribution in [3.63, 3.8) is 0 Å². The molecule has 0 aliphatic rings. The number of carbonyl (C=O) groups excluding carboxylic acids is 2. The van der Waals surface area contributed by atoms with Crippen LogP contribution >= 0.6 is 0 Å². The highest BCUT2D eigenvalue weighted by atomic mass is 16.6. The van der Waals surface area contributed by atoms with Gasteiger partial charge in [-0.15, -0.1) is 0 Å². The molecule has 0 bridgehead atoms. The van der Waals surface area contributed by atoms with E-state index in [1.165, 1.54) is 5.56 Å². The highest BCUT2D eigenvalue weighted by molar-refractivity contribution is 5.95. The molecule has 0 heterocycles. The second kappa shape index (κ2) is 8.57. The second-order valence-electron chi connectivity index (χ2n) is 5.54. The molecule has 0 radical (unpaired) electrons. The van der Waals surface area contributed by atoms with E-state index in [1.54, 1.807) is 13.8 Å². The van der Waals surface area contributed by atoms with Crippen LogP contribution < -0.4 is 0 Å². The van der Waals surface area contributed by atoms with Crippen molar-refractivity contribution in [1.29, 1.82) is 0 Å². The summed E-state index contributed by atoms with van der Waals surface area (Å²) in [6.45, 7) is 9.89. The first-order chi connectivity index (χ1) is 10.4. The summed E-state index contributed by atoms with van der Waals surface area (Å²) < 4.78 is 10.1. The molecule has 0 saturated carbocycles. The average molecular weight is 306 g/mol. The molecular weight excluding hydrogens is 280 g/mol. The lowest BCUT2D eigenvalue weighted by atomic mass is 9.80. The van der Waals surface area contributed by atoms with Gasteiger partial charge in [0.1, 0.15) is 0 Å². The van der Waals surface area contributed by atoms with Crippen molar-refractivity contribution in [1.82, 2.24) is 0 Å². The maximum absolute atomic E-state index is 12.2. The van der Waals surface area contributed by atoms with Crippen LogP contribution in [0.15, 0.2) is 24.3 Å². The smallest absolute Gasteiger partial charge is 0.320 e. The van der Waals surface area contributed by atoms with Crippen molar-refractivity contribution in [3.05, 3.63) is 35.4 Å². The van der Waals surface area contributed by atoms with Crippen molar-refractivity contribution in [2.45, 2.75) is 40.5 Å². The molecule has 1 aromatic rings. The number of ether oxygens (including phenoxy) is 2. The van der Waals surface area contributed by atoms with Crippen LogP contribution in [0.5, 0.6) is 0 Å². The van der Waals surface area contributed by atoms with Crippen LogP contribution in [0.1, 0.15) is 44.7 Å². The highest BCUT2D eigenvalue weighted by Crippen LogP contribution is 2.31. The Bertz CT molecular complexity index is 474. The van der Waals surface area contributed by atoms with Crippen LogP contribution in [0.25, 0.3) is 0 Å². The zero-order chi connectivity index (χ0) is 16.7. The first kappa shape index (κ1) is 18.2. The van der Waals surface area contributed by atoms with Gasteiger partial charge in [-0.3, -0.25) is 9.59 Å². The molecule has 22 heavy (non-hydrogen) atoms. The number of hydrogen-bond donors (Lipinski definition) is 0. The Balaban J connectivity index is 2.98. The molecule has 0 amide bonds. The molecule has 0 aliphatic heterocycles. The van der Waals surface area contributed by atoms with E-state index in [4.69, 9.17) is 9.47 Å². The van der Waals surface area contributed by atoms with E-state index in [1.807, 2.05) is 45.0 Å². The molecule has 0 unspecified atom stereocenters. The summed E-state index contributed by atoms with van der Waals surface area (Å²) in [6, 6.07) is 8.12. The Hall–Kier alpha value is -1.84. The minimum Gasteiger partial charge on any atom is -0.465 e. The van der Waals surface area contributed by atoms with Crippen molar-refractivity contribution in [2.24, 2.45) is 11.8 Å². The predicted molar refractivity (Wildman–Crippen MR) is 85.5 cm³/mol. The number of aryl methyl sites for hydroxylation is 1. The fourth-order valence-corrected chi connectivity index (χ4v) is 2.45. The largest absolute Gasteiger partial charge is 0.465 e. The summed E-state index contributed by atoms with van der Waals surface area (Å²) in [5.74, 6) is -2.07. The lowest BCUT2D eigenvalue weighted by Crippen LogP contribution is -2.35. The van der Waals surface area contributed by atoms with E-state index in [9.17, 15) is 9.59 Å². The van der Waals surface area contributed by atoms with Crippen LogP contribution in [-0.2, 0) is 19.1 Å². The van der Waals surface area contributed by atoms with Crippen LogP contribution in [0.3, 0.4) is 0 Å². The Kier molecular flexibility index (Phi) is 7.09. The summed E-state index contributed by atoms with van der Waals surface area (Å²) in [4.78, 5) is 24.3. The summed E-state index contributed by atoms with van der Waals surface area (Å²) in [7, 11) is 0. The lowest BCUT2D eigenvalue weighted by Gasteiger charge is -2.26. The molecule has 1 rings (SSSR count). The third-order valence-electron chi connectivity index (χ3n) is 4.00. The molecular formula is C18H26O4. The SMILES string of the molecule is CCOC(=O)C(C(=O)OCC)[C@@H](C)[C@H](C)c1ccc(C)cc1. The first-order valence-corrected chi connectivity index (χ1v) is 7.82. The van der Waals surface area contributed by atoms with Crippen molar-refractivity contribution in [2.75, 3.05) is 13.2 Å². The van der Waals surface area contributed by atoms with Gasteiger partial charge in [-0.05, 0) is 38.2 Å². The zero-order valence-corrected chi connectivity index (χ0v) is 14.1. The molecule has 0 spiro atoms. The molecule has 1 aromatic carbocycles. The van der Waals surface area contributed by atoms with Crippen LogP contribution in [0.2, 0.25) is 0 Å². The molecule has 0 fully saturated rings. The van der Waals surface area contributed by atoms with Gasteiger partial charge in [-0.2, -0.15) is 0 Å². The van der Waals surface area contributed by atoms with Gasteiger partial charge in [-0.25, -0.2) is 0 Å². The number of rotatable bonds is 7. The Morgan fingerprint density at radius 1 is 0.955 bits per heavy atom. The van der Waals surface area contributed by atoms with E-state index in [0.29, 0.717) is 0 Å². The fourth-order valence-electron chi connectivity index (χ4n) is 2.45. The molecule has 0 aliphatic carbocycles. The van der Waals surface area contributed by atoms with Crippen LogP contribution in [-0.4, -0.2) is 25.2 Å². The Labute approximate surface area is 132 Å². The molecule has 0 N–H and O–H groups in total. The number of esters is 2. The van der Waals surface area contributed by atoms with Gasteiger partial charge in [0.05, 0.1) is 13.2 Å². The van der Waals surface area contributed by atoms with Gasteiger partial charge in [0.2, 0.25) is 0 Å². The van der Waals surface area contributed by atoms with Crippen LogP contribution in [0.4, 0.5) is 0 Å². The first-order valence-electron chi connectivity index (χ1n) is 7.82. The molecule has 0 aromatic heterocycles. The molecule has 4 heteroatoms. The van der Waals surface area contributed by atoms with Crippen LogP contribution in [0, 0.1) is 18.8 Å². The maximum atomic E-state index is 12.2. The summed E-state index contributed by atoms with van der Waals surface area (Å²) >= 11 is 0. The highest BCUT2D eigenvalue weighted by Gasteiger charge is 2.37. The van der Waals surface area contributed by atoms with E-state index in [0.717, 1.165) is 5.56 Å². The normalized spacial score (nSPS) is 13.5. The zero-order valence-electron chi connectivity index (χ0n) is 14.1. The van der Waals surface area contributed by atoms with E-state index < -0.39 is 17.9 Å². The summed E-state index contributed by atoms with van der Waals surface area (Å²) in [5, 5.41) is 0. The van der Waals surface area contributed by atoms with E-state index in [-0.39, 0.29) is 25.0 Å². The lowest BCUT2D eigenvalue weighted by molar-refractivity contribution is -0.164. The van der Waals surface area contributed by atoms with Gasteiger partial charge in [0.25, 0.3) is 0 Å².